The average molecular weight is 287 g/mol. The van der Waals surface area contributed by atoms with E-state index in [1.165, 1.54) is 36.4 Å². The molecule has 1 aromatic carbocycles. The predicted molar refractivity (Wildman–Crippen MR) is 70.7 cm³/mol. The van der Waals surface area contributed by atoms with Crippen LogP contribution in [0.5, 0.6) is 5.75 Å². The normalized spacial score (nSPS) is 10.7. The SMILES string of the molecule is O=C(O)c1ccn2c(COc3ccc(F)cc3)nnc2c1. The van der Waals surface area contributed by atoms with Gasteiger partial charge < -0.3 is 9.84 Å². The molecule has 6 nitrogen and oxygen atoms in total. The Kier molecular flexibility index (Phi) is 3.23. The van der Waals surface area contributed by atoms with Crippen LogP contribution in [0.25, 0.3) is 5.65 Å². The van der Waals surface area contributed by atoms with Gasteiger partial charge in [0.05, 0.1) is 5.56 Å². The number of fused-ring (bicyclic) bond motifs is 1. The van der Waals surface area contributed by atoms with Crippen LogP contribution in [-0.4, -0.2) is 25.7 Å². The third-order valence-electron chi connectivity index (χ3n) is 2.91. The molecular weight excluding hydrogens is 277 g/mol. The summed E-state index contributed by atoms with van der Waals surface area (Å²) in [5.74, 6) is -0.331. The zero-order chi connectivity index (χ0) is 14.8. The van der Waals surface area contributed by atoms with Gasteiger partial charge in [0.2, 0.25) is 0 Å². The monoisotopic (exact) mass is 287 g/mol. The van der Waals surface area contributed by atoms with Crippen molar-refractivity contribution in [3.8, 4) is 5.75 Å². The lowest BCUT2D eigenvalue weighted by Gasteiger charge is -2.05. The van der Waals surface area contributed by atoms with Crippen LogP contribution in [0.4, 0.5) is 4.39 Å². The fourth-order valence-corrected chi connectivity index (χ4v) is 1.85. The number of ether oxygens (including phenoxy) is 1. The van der Waals surface area contributed by atoms with Crippen molar-refractivity contribution in [3.05, 3.63) is 59.8 Å². The first-order chi connectivity index (χ1) is 10.1. The van der Waals surface area contributed by atoms with E-state index in [1.807, 2.05) is 0 Å². The van der Waals surface area contributed by atoms with Gasteiger partial charge in [-0.2, -0.15) is 0 Å². The van der Waals surface area contributed by atoms with Gasteiger partial charge in [0.15, 0.2) is 11.5 Å². The highest BCUT2D eigenvalue weighted by molar-refractivity contribution is 5.88. The van der Waals surface area contributed by atoms with Crippen molar-refractivity contribution in [3.63, 3.8) is 0 Å². The molecule has 0 fully saturated rings. The minimum Gasteiger partial charge on any atom is -0.486 e. The Morgan fingerprint density at radius 1 is 1.24 bits per heavy atom. The summed E-state index contributed by atoms with van der Waals surface area (Å²) in [5.41, 5.74) is 0.563. The largest absolute Gasteiger partial charge is 0.486 e. The van der Waals surface area contributed by atoms with Crippen LogP contribution in [0.1, 0.15) is 16.2 Å². The summed E-state index contributed by atoms with van der Waals surface area (Å²) >= 11 is 0. The maximum Gasteiger partial charge on any atom is 0.335 e. The molecule has 7 heteroatoms. The average Bonchev–Trinajstić information content (AvgIpc) is 2.89. The van der Waals surface area contributed by atoms with Crippen molar-refractivity contribution < 1.29 is 19.0 Å². The predicted octanol–water partition coefficient (Wildman–Crippen LogP) is 2.15. The molecule has 0 amide bonds. The third-order valence-corrected chi connectivity index (χ3v) is 2.91. The second-order valence-electron chi connectivity index (χ2n) is 4.31. The van der Waals surface area contributed by atoms with Crippen molar-refractivity contribution in [1.29, 1.82) is 0 Å². The van der Waals surface area contributed by atoms with Crippen LogP contribution in [0.2, 0.25) is 0 Å². The highest BCUT2D eigenvalue weighted by Crippen LogP contribution is 2.14. The number of benzene rings is 1. The number of hydrogen-bond donors (Lipinski definition) is 1. The quantitative estimate of drug-likeness (QED) is 0.795. The zero-order valence-corrected chi connectivity index (χ0v) is 10.7. The highest BCUT2D eigenvalue weighted by Gasteiger charge is 2.09. The first-order valence-electron chi connectivity index (χ1n) is 6.09. The lowest BCUT2D eigenvalue weighted by atomic mass is 10.3. The van der Waals surface area contributed by atoms with Gasteiger partial charge in [-0.1, -0.05) is 0 Å². The summed E-state index contributed by atoms with van der Waals surface area (Å²) < 4.78 is 19.9. The molecule has 0 aliphatic heterocycles. The van der Waals surface area contributed by atoms with Crippen molar-refractivity contribution in [2.45, 2.75) is 6.61 Å². The number of rotatable bonds is 4. The standard InChI is InChI=1S/C14H10FN3O3/c15-10-1-3-11(4-2-10)21-8-13-17-16-12-7-9(14(19)20)5-6-18(12)13/h1-7H,8H2,(H,19,20). The number of pyridine rings is 1. The van der Waals surface area contributed by atoms with Crippen molar-refractivity contribution in [2.75, 3.05) is 0 Å². The summed E-state index contributed by atoms with van der Waals surface area (Å²) in [6.45, 7) is 0.138. The topological polar surface area (TPSA) is 76.7 Å². The van der Waals surface area contributed by atoms with Crippen LogP contribution in [-0.2, 0) is 6.61 Å². The van der Waals surface area contributed by atoms with E-state index in [2.05, 4.69) is 10.2 Å². The van der Waals surface area contributed by atoms with Gasteiger partial charge in [0.25, 0.3) is 0 Å². The number of aromatic carboxylic acids is 1. The highest BCUT2D eigenvalue weighted by atomic mass is 19.1. The molecule has 3 aromatic rings. The molecule has 3 rings (SSSR count). The lowest BCUT2D eigenvalue weighted by Crippen LogP contribution is -2.02. The minimum absolute atomic E-state index is 0.138. The summed E-state index contributed by atoms with van der Waals surface area (Å²) in [7, 11) is 0. The summed E-state index contributed by atoms with van der Waals surface area (Å²) in [6.07, 6.45) is 1.57. The molecule has 0 aliphatic rings. The molecule has 1 N–H and O–H groups in total. The summed E-state index contributed by atoms with van der Waals surface area (Å²) in [5, 5.41) is 16.8. The Bertz CT molecular complexity index is 799. The molecule has 0 saturated heterocycles. The molecule has 2 aromatic heterocycles. The van der Waals surface area contributed by atoms with Crippen molar-refractivity contribution >= 4 is 11.6 Å². The molecule has 0 spiro atoms. The summed E-state index contributed by atoms with van der Waals surface area (Å²) in [6, 6.07) is 8.52. The Labute approximate surface area is 118 Å². The Morgan fingerprint density at radius 2 is 2.00 bits per heavy atom. The molecule has 0 saturated carbocycles. The molecular formula is C14H10FN3O3. The van der Waals surface area contributed by atoms with E-state index < -0.39 is 5.97 Å². The van der Waals surface area contributed by atoms with Crippen LogP contribution < -0.4 is 4.74 Å². The number of hydrogen-bond acceptors (Lipinski definition) is 4. The zero-order valence-electron chi connectivity index (χ0n) is 10.7. The van der Waals surface area contributed by atoms with Crippen molar-refractivity contribution in [1.82, 2.24) is 14.6 Å². The Hall–Kier alpha value is -2.96. The number of halogens is 1. The van der Waals surface area contributed by atoms with Crippen molar-refractivity contribution in [2.24, 2.45) is 0 Å². The lowest BCUT2D eigenvalue weighted by molar-refractivity contribution is 0.0697. The van der Waals surface area contributed by atoms with Gasteiger partial charge in [0.1, 0.15) is 18.2 Å². The van der Waals surface area contributed by atoms with E-state index in [-0.39, 0.29) is 18.0 Å². The van der Waals surface area contributed by atoms with E-state index in [0.29, 0.717) is 17.2 Å². The fourth-order valence-electron chi connectivity index (χ4n) is 1.85. The number of carboxylic acid groups (broad SMARTS) is 1. The van der Waals surface area contributed by atoms with Gasteiger partial charge in [-0.25, -0.2) is 9.18 Å². The van der Waals surface area contributed by atoms with Crippen LogP contribution >= 0.6 is 0 Å². The minimum atomic E-state index is -1.02. The van der Waals surface area contributed by atoms with Crippen LogP contribution in [0.3, 0.4) is 0 Å². The molecule has 0 radical (unpaired) electrons. The molecule has 0 atom stereocenters. The maximum absolute atomic E-state index is 12.8. The first kappa shape index (κ1) is 13.0. The molecule has 21 heavy (non-hydrogen) atoms. The van der Waals surface area contributed by atoms with Gasteiger partial charge >= 0.3 is 5.97 Å². The van der Waals surface area contributed by atoms with Gasteiger partial charge in [-0.05, 0) is 36.4 Å². The van der Waals surface area contributed by atoms with E-state index in [9.17, 15) is 9.18 Å². The number of carbonyl (C=O) groups is 1. The van der Waals surface area contributed by atoms with E-state index >= 15 is 0 Å². The summed E-state index contributed by atoms with van der Waals surface area (Å²) in [4.78, 5) is 10.9. The van der Waals surface area contributed by atoms with E-state index in [0.717, 1.165) is 0 Å². The molecule has 0 unspecified atom stereocenters. The molecule has 2 heterocycles. The van der Waals surface area contributed by atoms with Crippen LogP contribution in [0, 0.1) is 5.82 Å². The molecule has 0 aliphatic carbocycles. The van der Waals surface area contributed by atoms with E-state index in [1.54, 1.807) is 10.6 Å². The van der Waals surface area contributed by atoms with Gasteiger partial charge in [0, 0.05) is 6.20 Å². The third kappa shape index (κ3) is 2.66. The number of aromatic nitrogens is 3. The smallest absolute Gasteiger partial charge is 0.335 e. The Balaban J connectivity index is 1.81. The molecule has 106 valence electrons. The van der Waals surface area contributed by atoms with Gasteiger partial charge in [-0.15, -0.1) is 10.2 Å². The first-order valence-corrected chi connectivity index (χ1v) is 6.09. The fraction of sp³-hybridized carbons (Fsp3) is 0.0714. The number of carboxylic acids is 1. The molecule has 0 bridgehead atoms. The van der Waals surface area contributed by atoms with E-state index in [4.69, 9.17) is 9.84 Å². The maximum atomic E-state index is 12.8. The second kappa shape index (κ2) is 5.20. The second-order valence-corrected chi connectivity index (χ2v) is 4.31. The van der Waals surface area contributed by atoms with Crippen LogP contribution in [0.15, 0.2) is 42.6 Å². The van der Waals surface area contributed by atoms with Gasteiger partial charge in [-0.3, -0.25) is 4.40 Å². The Morgan fingerprint density at radius 3 is 2.71 bits per heavy atom. The number of nitrogens with zero attached hydrogens (tertiary/aromatic N) is 3.